The Bertz CT molecular complexity index is 288. The molecule has 0 aromatic heterocycles. The number of rotatable bonds is 3. The first kappa shape index (κ1) is 13.8. The molecule has 1 spiro atoms. The van der Waals surface area contributed by atoms with Crippen molar-refractivity contribution in [3.05, 3.63) is 0 Å². The van der Waals surface area contributed by atoms with Crippen molar-refractivity contribution in [2.24, 2.45) is 5.73 Å². The standard InChI is InChI=1S/C16H30N2O/c17-12-14-6-2-1-5-11-18(14)13-15-7-10-16(19-15)8-3-4-9-16/h14-15H,1-13,17H2. The van der Waals surface area contributed by atoms with Gasteiger partial charge in [-0.05, 0) is 45.1 Å². The van der Waals surface area contributed by atoms with Crippen LogP contribution in [0.5, 0.6) is 0 Å². The topological polar surface area (TPSA) is 38.5 Å². The lowest BCUT2D eigenvalue weighted by atomic mass is 9.98. The Morgan fingerprint density at radius 1 is 1.00 bits per heavy atom. The minimum absolute atomic E-state index is 0.286. The highest BCUT2D eigenvalue weighted by Gasteiger charge is 2.42. The van der Waals surface area contributed by atoms with Crippen LogP contribution in [0.25, 0.3) is 0 Å². The van der Waals surface area contributed by atoms with Crippen molar-refractivity contribution in [1.29, 1.82) is 0 Å². The van der Waals surface area contributed by atoms with Gasteiger partial charge in [-0.15, -0.1) is 0 Å². The third-order valence-corrected chi connectivity index (χ3v) is 5.56. The van der Waals surface area contributed by atoms with Gasteiger partial charge in [0.2, 0.25) is 0 Å². The molecule has 0 amide bonds. The molecule has 2 heterocycles. The van der Waals surface area contributed by atoms with Crippen LogP contribution >= 0.6 is 0 Å². The smallest absolute Gasteiger partial charge is 0.0710 e. The summed E-state index contributed by atoms with van der Waals surface area (Å²) in [5.74, 6) is 0. The van der Waals surface area contributed by atoms with Crippen molar-refractivity contribution in [1.82, 2.24) is 4.90 Å². The summed E-state index contributed by atoms with van der Waals surface area (Å²) >= 11 is 0. The van der Waals surface area contributed by atoms with E-state index in [-0.39, 0.29) is 5.60 Å². The molecule has 0 aromatic rings. The molecule has 1 saturated carbocycles. The molecular formula is C16H30N2O. The van der Waals surface area contributed by atoms with E-state index < -0.39 is 0 Å². The van der Waals surface area contributed by atoms with Crippen LogP contribution in [0.1, 0.15) is 64.2 Å². The molecule has 2 aliphatic heterocycles. The van der Waals surface area contributed by atoms with Gasteiger partial charge < -0.3 is 10.5 Å². The summed E-state index contributed by atoms with van der Waals surface area (Å²) in [7, 11) is 0. The van der Waals surface area contributed by atoms with Gasteiger partial charge in [0.15, 0.2) is 0 Å². The van der Waals surface area contributed by atoms with Crippen LogP contribution in [0, 0.1) is 0 Å². The zero-order chi connectivity index (χ0) is 13.1. The number of hydrogen-bond donors (Lipinski definition) is 1. The van der Waals surface area contributed by atoms with Crippen LogP contribution in [0.3, 0.4) is 0 Å². The normalized spacial score (nSPS) is 35.8. The number of nitrogens with zero attached hydrogens (tertiary/aromatic N) is 1. The van der Waals surface area contributed by atoms with Gasteiger partial charge in [0.25, 0.3) is 0 Å². The Balaban J connectivity index is 1.55. The molecule has 2 N–H and O–H groups in total. The molecule has 2 unspecified atom stereocenters. The first-order valence-corrected chi connectivity index (χ1v) is 8.43. The van der Waals surface area contributed by atoms with Gasteiger partial charge >= 0.3 is 0 Å². The predicted molar refractivity (Wildman–Crippen MR) is 78.2 cm³/mol. The number of ether oxygens (including phenoxy) is 1. The number of likely N-dealkylation sites (tertiary alicyclic amines) is 1. The van der Waals surface area contributed by atoms with Crippen molar-refractivity contribution >= 4 is 0 Å². The second kappa shape index (κ2) is 6.11. The van der Waals surface area contributed by atoms with Gasteiger partial charge in [-0.2, -0.15) is 0 Å². The molecule has 3 aliphatic rings. The van der Waals surface area contributed by atoms with Gasteiger partial charge in [-0.25, -0.2) is 0 Å². The van der Waals surface area contributed by atoms with E-state index in [4.69, 9.17) is 10.5 Å². The van der Waals surface area contributed by atoms with E-state index in [9.17, 15) is 0 Å². The maximum absolute atomic E-state index is 6.46. The molecule has 3 nitrogen and oxygen atoms in total. The highest BCUT2D eigenvalue weighted by molar-refractivity contribution is 4.94. The fourth-order valence-electron chi connectivity index (χ4n) is 4.42. The molecule has 2 atom stereocenters. The maximum atomic E-state index is 6.46. The van der Waals surface area contributed by atoms with Crippen molar-refractivity contribution in [2.75, 3.05) is 19.6 Å². The minimum Gasteiger partial charge on any atom is -0.370 e. The highest BCUT2D eigenvalue weighted by Crippen LogP contribution is 2.43. The molecular weight excluding hydrogens is 236 g/mol. The van der Waals surface area contributed by atoms with Crippen molar-refractivity contribution in [2.45, 2.75) is 82.0 Å². The average molecular weight is 266 g/mol. The second-order valence-corrected chi connectivity index (χ2v) is 6.90. The largest absolute Gasteiger partial charge is 0.370 e. The van der Waals surface area contributed by atoms with Gasteiger partial charge in [0.1, 0.15) is 0 Å². The predicted octanol–water partition coefficient (Wildman–Crippen LogP) is 2.68. The van der Waals surface area contributed by atoms with E-state index in [0.717, 1.165) is 13.1 Å². The summed E-state index contributed by atoms with van der Waals surface area (Å²) < 4.78 is 6.46. The first-order valence-electron chi connectivity index (χ1n) is 8.43. The molecule has 0 radical (unpaired) electrons. The van der Waals surface area contributed by atoms with Crippen LogP contribution in [-0.2, 0) is 4.74 Å². The molecule has 2 saturated heterocycles. The number of nitrogens with two attached hydrogens (primary N) is 1. The molecule has 3 fully saturated rings. The van der Waals surface area contributed by atoms with Crippen molar-refractivity contribution < 1.29 is 4.74 Å². The molecule has 3 rings (SSSR count). The summed E-state index contributed by atoms with van der Waals surface area (Å²) in [4.78, 5) is 2.63. The van der Waals surface area contributed by atoms with Gasteiger partial charge in [0.05, 0.1) is 11.7 Å². The molecule has 3 heteroatoms. The van der Waals surface area contributed by atoms with Crippen LogP contribution in [0.4, 0.5) is 0 Å². The summed E-state index contributed by atoms with van der Waals surface area (Å²) in [5.41, 5.74) is 6.26. The summed E-state index contributed by atoms with van der Waals surface area (Å²) in [6, 6.07) is 0.603. The zero-order valence-electron chi connectivity index (χ0n) is 12.3. The SMILES string of the molecule is NCC1CCCCCN1CC1CCC2(CCCC2)O1. The van der Waals surface area contributed by atoms with E-state index in [1.54, 1.807) is 0 Å². The van der Waals surface area contributed by atoms with Gasteiger partial charge in [-0.3, -0.25) is 4.90 Å². The van der Waals surface area contributed by atoms with Gasteiger partial charge in [0, 0.05) is 19.1 Å². The fraction of sp³-hybridized carbons (Fsp3) is 1.00. The van der Waals surface area contributed by atoms with E-state index in [0.29, 0.717) is 12.1 Å². The zero-order valence-corrected chi connectivity index (χ0v) is 12.3. The quantitative estimate of drug-likeness (QED) is 0.853. The minimum atomic E-state index is 0.286. The maximum Gasteiger partial charge on any atom is 0.0710 e. The fourth-order valence-corrected chi connectivity index (χ4v) is 4.42. The molecule has 110 valence electrons. The lowest BCUT2D eigenvalue weighted by Crippen LogP contribution is -2.44. The summed E-state index contributed by atoms with van der Waals surface area (Å²) in [5, 5.41) is 0. The van der Waals surface area contributed by atoms with E-state index in [2.05, 4.69) is 4.90 Å². The van der Waals surface area contributed by atoms with Crippen LogP contribution < -0.4 is 5.73 Å². The molecule has 0 bridgehead atoms. The monoisotopic (exact) mass is 266 g/mol. The third-order valence-electron chi connectivity index (χ3n) is 5.56. The van der Waals surface area contributed by atoms with Gasteiger partial charge in [-0.1, -0.05) is 25.7 Å². The molecule has 0 aromatic carbocycles. The van der Waals surface area contributed by atoms with Crippen molar-refractivity contribution in [3.8, 4) is 0 Å². The Kier molecular flexibility index (Phi) is 4.45. The van der Waals surface area contributed by atoms with E-state index in [1.165, 1.54) is 70.8 Å². The van der Waals surface area contributed by atoms with Crippen LogP contribution in [0.2, 0.25) is 0 Å². The Labute approximate surface area is 117 Å². The Morgan fingerprint density at radius 3 is 2.63 bits per heavy atom. The van der Waals surface area contributed by atoms with Crippen LogP contribution in [-0.4, -0.2) is 42.3 Å². The Hall–Kier alpha value is -0.120. The van der Waals surface area contributed by atoms with Crippen molar-refractivity contribution in [3.63, 3.8) is 0 Å². The van der Waals surface area contributed by atoms with E-state index in [1.807, 2.05) is 0 Å². The lowest BCUT2D eigenvalue weighted by molar-refractivity contribution is -0.0507. The summed E-state index contributed by atoms with van der Waals surface area (Å²) in [6.45, 7) is 3.18. The first-order chi connectivity index (χ1) is 9.31. The lowest BCUT2D eigenvalue weighted by Gasteiger charge is -2.32. The molecule has 19 heavy (non-hydrogen) atoms. The third kappa shape index (κ3) is 3.14. The number of hydrogen-bond acceptors (Lipinski definition) is 3. The Morgan fingerprint density at radius 2 is 1.84 bits per heavy atom. The van der Waals surface area contributed by atoms with E-state index >= 15 is 0 Å². The summed E-state index contributed by atoms with van der Waals surface area (Å²) in [6.07, 6.45) is 13.8. The highest BCUT2D eigenvalue weighted by atomic mass is 16.5. The molecule has 1 aliphatic carbocycles. The average Bonchev–Trinajstić information content (AvgIpc) is 2.97. The second-order valence-electron chi connectivity index (χ2n) is 6.90. The van der Waals surface area contributed by atoms with Crippen LogP contribution in [0.15, 0.2) is 0 Å².